The number of methoxy groups -OCH3 is 1. The molecule has 0 aliphatic carbocycles. The number of rotatable bonds is 6. The maximum absolute atomic E-state index is 12.1. The summed E-state index contributed by atoms with van der Waals surface area (Å²) in [6.45, 7) is 0.226. The highest BCUT2D eigenvalue weighted by atomic mass is 79.9. The van der Waals surface area contributed by atoms with Crippen LogP contribution in [0.4, 0.5) is 17.1 Å². The standard InChI is InChI=1S/C16H14BrN3O6/c1-18(9-10-5-3-4-6-13(10)17)15-12(16(21)26-2)7-11(19(22)23)8-14(15)20(24)25/h3-8H,9H2,1-2H3. The topological polar surface area (TPSA) is 116 Å². The van der Waals surface area contributed by atoms with Crippen LogP contribution in [0.15, 0.2) is 40.9 Å². The van der Waals surface area contributed by atoms with Crippen LogP contribution < -0.4 is 4.90 Å². The van der Waals surface area contributed by atoms with Gasteiger partial charge in [0.15, 0.2) is 0 Å². The van der Waals surface area contributed by atoms with E-state index in [1.54, 1.807) is 13.1 Å². The lowest BCUT2D eigenvalue weighted by molar-refractivity contribution is -0.393. The molecule has 0 aliphatic heterocycles. The third-order valence-electron chi connectivity index (χ3n) is 3.63. The second-order valence-corrected chi connectivity index (χ2v) is 6.17. The van der Waals surface area contributed by atoms with Crippen LogP contribution >= 0.6 is 15.9 Å². The Morgan fingerprint density at radius 2 is 1.85 bits per heavy atom. The molecule has 0 amide bonds. The van der Waals surface area contributed by atoms with E-state index in [0.29, 0.717) is 0 Å². The number of hydrogen-bond donors (Lipinski definition) is 0. The highest BCUT2D eigenvalue weighted by molar-refractivity contribution is 9.10. The van der Waals surface area contributed by atoms with Crippen LogP contribution in [-0.2, 0) is 11.3 Å². The van der Waals surface area contributed by atoms with E-state index in [-0.39, 0.29) is 17.8 Å². The van der Waals surface area contributed by atoms with Gasteiger partial charge in [-0.25, -0.2) is 4.79 Å². The molecule has 10 heteroatoms. The zero-order valence-electron chi connectivity index (χ0n) is 13.8. The van der Waals surface area contributed by atoms with Gasteiger partial charge in [-0.05, 0) is 11.6 Å². The lowest BCUT2D eigenvalue weighted by atomic mass is 10.1. The second kappa shape index (κ2) is 7.91. The molecule has 0 radical (unpaired) electrons. The van der Waals surface area contributed by atoms with Crippen molar-refractivity contribution in [3.8, 4) is 0 Å². The molecule has 2 aromatic carbocycles. The monoisotopic (exact) mass is 423 g/mol. The van der Waals surface area contributed by atoms with E-state index in [1.807, 2.05) is 18.2 Å². The third-order valence-corrected chi connectivity index (χ3v) is 4.41. The predicted molar refractivity (Wildman–Crippen MR) is 97.3 cm³/mol. The number of esters is 1. The maximum atomic E-state index is 12.1. The largest absolute Gasteiger partial charge is 0.465 e. The smallest absolute Gasteiger partial charge is 0.340 e. The van der Waals surface area contributed by atoms with Crippen molar-refractivity contribution in [3.63, 3.8) is 0 Å². The fourth-order valence-electron chi connectivity index (χ4n) is 2.48. The maximum Gasteiger partial charge on any atom is 0.340 e. The minimum Gasteiger partial charge on any atom is -0.465 e. The van der Waals surface area contributed by atoms with Gasteiger partial charge in [0.05, 0.1) is 28.6 Å². The van der Waals surface area contributed by atoms with Crippen molar-refractivity contribution in [1.82, 2.24) is 0 Å². The van der Waals surface area contributed by atoms with Gasteiger partial charge < -0.3 is 9.64 Å². The molecule has 0 spiro atoms. The first-order chi connectivity index (χ1) is 12.3. The molecule has 0 unspecified atom stereocenters. The van der Waals surface area contributed by atoms with Gasteiger partial charge in [0, 0.05) is 24.1 Å². The Kier molecular flexibility index (Phi) is 5.88. The molecule has 0 aromatic heterocycles. The van der Waals surface area contributed by atoms with Crippen molar-refractivity contribution >= 4 is 39.0 Å². The number of ether oxygens (including phenoxy) is 1. The van der Waals surface area contributed by atoms with Gasteiger partial charge in [0.1, 0.15) is 5.69 Å². The molecular formula is C16H14BrN3O6. The quantitative estimate of drug-likeness (QED) is 0.395. The average Bonchev–Trinajstić information content (AvgIpc) is 2.61. The van der Waals surface area contributed by atoms with E-state index in [0.717, 1.165) is 29.3 Å². The summed E-state index contributed by atoms with van der Waals surface area (Å²) >= 11 is 3.40. The first-order valence-corrected chi connectivity index (χ1v) is 8.05. The summed E-state index contributed by atoms with van der Waals surface area (Å²) in [7, 11) is 2.66. The third kappa shape index (κ3) is 3.97. The SMILES string of the molecule is COC(=O)c1cc([N+](=O)[O-])cc([N+](=O)[O-])c1N(C)Cc1ccccc1Br. The van der Waals surface area contributed by atoms with E-state index >= 15 is 0 Å². The molecule has 136 valence electrons. The van der Waals surface area contributed by atoms with Gasteiger partial charge in [0.2, 0.25) is 0 Å². The van der Waals surface area contributed by atoms with E-state index in [2.05, 4.69) is 20.7 Å². The molecule has 26 heavy (non-hydrogen) atoms. The van der Waals surface area contributed by atoms with Crippen LogP contribution in [0, 0.1) is 20.2 Å². The van der Waals surface area contributed by atoms with Crippen LogP contribution in [0.2, 0.25) is 0 Å². The van der Waals surface area contributed by atoms with E-state index < -0.39 is 27.2 Å². The lowest BCUT2D eigenvalue weighted by Crippen LogP contribution is -2.22. The number of carbonyl (C=O) groups excluding carboxylic acids is 1. The fraction of sp³-hybridized carbons (Fsp3) is 0.188. The number of nitrogens with zero attached hydrogens (tertiary/aromatic N) is 3. The summed E-state index contributed by atoms with van der Waals surface area (Å²) in [5.74, 6) is -0.897. The first-order valence-electron chi connectivity index (χ1n) is 7.26. The molecule has 0 N–H and O–H groups in total. The van der Waals surface area contributed by atoms with Gasteiger partial charge in [0.25, 0.3) is 11.4 Å². The van der Waals surface area contributed by atoms with E-state index in [4.69, 9.17) is 0 Å². The number of benzene rings is 2. The Morgan fingerprint density at radius 3 is 2.38 bits per heavy atom. The Morgan fingerprint density at radius 1 is 1.19 bits per heavy atom. The van der Waals surface area contributed by atoms with E-state index in [9.17, 15) is 25.0 Å². The van der Waals surface area contributed by atoms with Crippen molar-refractivity contribution in [2.45, 2.75) is 6.54 Å². The molecule has 0 bridgehead atoms. The van der Waals surface area contributed by atoms with Crippen molar-refractivity contribution in [1.29, 1.82) is 0 Å². The van der Waals surface area contributed by atoms with Gasteiger partial charge in [-0.1, -0.05) is 34.1 Å². The Balaban J connectivity index is 2.64. The fourth-order valence-corrected chi connectivity index (χ4v) is 2.89. The van der Waals surface area contributed by atoms with Crippen LogP contribution in [-0.4, -0.2) is 30.0 Å². The summed E-state index contributed by atoms with van der Waals surface area (Å²) in [5, 5.41) is 22.5. The van der Waals surface area contributed by atoms with Gasteiger partial charge in [-0.2, -0.15) is 0 Å². The number of nitro groups is 2. The normalized spacial score (nSPS) is 10.3. The zero-order valence-corrected chi connectivity index (χ0v) is 15.4. The minimum absolute atomic E-state index is 0.0526. The molecule has 0 heterocycles. The number of carbonyl (C=O) groups is 1. The van der Waals surface area contributed by atoms with Crippen molar-refractivity contribution in [2.75, 3.05) is 19.1 Å². The van der Waals surface area contributed by atoms with Crippen molar-refractivity contribution in [2.24, 2.45) is 0 Å². The van der Waals surface area contributed by atoms with Gasteiger partial charge in [-0.3, -0.25) is 20.2 Å². The molecule has 0 atom stereocenters. The van der Waals surface area contributed by atoms with Crippen LogP contribution in [0.25, 0.3) is 0 Å². The number of nitro benzene ring substituents is 2. The lowest BCUT2D eigenvalue weighted by Gasteiger charge is -2.22. The molecule has 2 aromatic rings. The summed E-state index contributed by atoms with van der Waals surface area (Å²) < 4.78 is 5.44. The average molecular weight is 424 g/mol. The van der Waals surface area contributed by atoms with Crippen LogP contribution in [0.5, 0.6) is 0 Å². The molecule has 0 aliphatic rings. The van der Waals surface area contributed by atoms with Crippen molar-refractivity contribution in [3.05, 3.63) is 72.2 Å². The van der Waals surface area contributed by atoms with Crippen molar-refractivity contribution < 1.29 is 19.4 Å². The minimum atomic E-state index is -0.897. The summed E-state index contributed by atoms with van der Waals surface area (Å²) in [6.07, 6.45) is 0. The Labute approximate surface area is 156 Å². The highest BCUT2D eigenvalue weighted by Gasteiger charge is 2.30. The molecule has 2 rings (SSSR count). The zero-order chi connectivity index (χ0) is 19.4. The summed E-state index contributed by atoms with van der Waals surface area (Å²) in [4.78, 5) is 34.6. The molecule has 0 saturated heterocycles. The Hall–Kier alpha value is -3.01. The summed E-state index contributed by atoms with van der Waals surface area (Å²) in [5.41, 5.74) is -0.589. The van der Waals surface area contributed by atoms with E-state index in [1.165, 1.54) is 4.90 Å². The molecule has 0 saturated carbocycles. The molecule has 0 fully saturated rings. The van der Waals surface area contributed by atoms with Crippen LogP contribution in [0.3, 0.4) is 0 Å². The molecule has 9 nitrogen and oxygen atoms in total. The van der Waals surface area contributed by atoms with Gasteiger partial charge in [-0.15, -0.1) is 0 Å². The second-order valence-electron chi connectivity index (χ2n) is 5.31. The first kappa shape index (κ1) is 19.3. The number of halogens is 1. The van der Waals surface area contributed by atoms with Crippen LogP contribution in [0.1, 0.15) is 15.9 Å². The Bertz CT molecular complexity index is 886. The predicted octanol–water partition coefficient (Wildman–Crippen LogP) is 3.69. The highest BCUT2D eigenvalue weighted by Crippen LogP contribution is 2.37. The van der Waals surface area contributed by atoms with Gasteiger partial charge >= 0.3 is 5.97 Å². The molecular weight excluding hydrogens is 410 g/mol. The number of hydrogen-bond acceptors (Lipinski definition) is 7. The number of anilines is 1. The number of non-ortho nitro benzene ring substituents is 1. The summed E-state index contributed by atoms with van der Waals surface area (Å²) in [6, 6.07) is 9.06.